The Balaban J connectivity index is 1.38. The van der Waals surface area contributed by atoms with Crippen LogP contribution in [0.5, 0.6) is 5.88 Å². The number of halogens is 3. The van der Waals surface area contributed by atoms with Gasteiger partial charge in [0.15, 0.2) is 5.69 Å². The number of likely N-dealkylation sites (tertiary alicyclic amines) is 2. The number of carbonyl (C=O) groups excluding carboxylic acids is 1. The van der Waals surface area contributed by atoms with Gasteiger partial charge in [-0.15, -0.1) is 0 Å². The van der Waals surface area contributed by atoms with Crippen LogP contribution in [-0.2, 0) is 11.0 Å². The van der Waals surface area contributed by atoms with Gasteiger partial charge in [-0.2, -0.15) is 18.4 Å². The van der Waals surface area contributed by atoms with Gasteiger partial charge in [0.2, 0.25) is 11.8 Å². The lowest BCUT2D eigenvalue weighted by molar-refractivity contribution is -0.139. The van der Waals surface area contributed by atoms with Crippen LogP contribution in [0.25, 0.3) is 11.3 Å². The summed E-state index contributed by atoms with van der Waals surface area (Å²) < 4.78 is 47.3. The number of rotatable bonds is 8. The number of hydrazine groups is 1. The number of aromatic nitrogens is 2. The van der Waals surface area contributed by atoms with Crippen molar-refractivity contribution >= 4 is 17.3 Å². The first kappa shape index (κ1) is 28.4. The van der Waals surface area contributed by atoms with Crippen LogP contribution >= 0.6 is 0 Å². The van der Waals surface area contributed by atoms with E-state index in [1.165, 1.54) is 19.3 Å². The van der Waals surface area contributed by atoms with Gasteiger partial charge in [-0.3, -0.25) is 9.69 Å². The molecule has 13 heteroatoms. The van der Waals surface area contributed by atoms with Gasteiger partial charge >= 0.3 is 6.18 Å². The maximum atomic E-state index is 13.9. The van der Waals surface area contributed by atoms with Gasteiger partial charge in [-0.25, -0.2) is 15.8 Å². The molecule has 4 rings (SSSR count). The molecule has 2 saturated heterocycles. The maximum absolute atomic E-state index is 13.9. The van der Waals surface area contributed by atoms with E-state index < -0.39 is 17.6 Å². The fourth-order valence-corrected chi connectivity index (χ4v) is 4.99. The van der Waals surface area contributed by atoms with E-state index in [0.29, 0.717) is 18.9 Å². The lowest BCUT2D eigenvalue weighted by Gasteiger charge is -2.32. The molecule has 0 aliphatic carbocycles. The molecule has 0 unspecified atom stereocenters. The van der Waals surface area contributed by atoms with Crippen molar-refractivity contribution in [2.75, 3.05) is 57.1 Å². The molecule has 1 amide bonds. The van der Waals surface area contributed by atoms with E-state index >= 15 is 0 Å². The third-order valence-electron chi connectivity index (χ3n) is 7.26. The van der Waals surface area contributed by atoms with Crippen LogP contribution in [0.2, 0.25) is 0 Å². The highest BCUT2D eigenvalue weighted by Gasteiger charge is 2.36. The normalized spacial score (nSPS) is 16.8. The van der Waals surface area contributed by atoms with Crippen molar-refractivity contribution in [1.29, 1.82) is 5.26 Å². The Morgan fingerprint density at radius 1 is 1.23 bits per heavy atom. The third-order valence-corrected chi connectivity index (χ3v) is 7.26. The second-order valence-corrected chi connectivity index (χ2v) is 10.0. The van der Waals surface area contributed by atoms with Gasteiger partial charge in [-0.1, -0.05) is 0 Å². The average molecular weight is 547 g/mol. The lowest BCUT2D eigenvalue weighted by atomic mass is 9.94. The number of anilines is 2. The SMILES string of the molecule is CN(N)c1cc(-c2cnc(OCCC3CCN(CC(=O)N4CCCC4)CC3)c(C(F)(F)F)c2)nc(C#N)c1N. The van der Waals surface area contributed by atoms with Crippen LogP contribution in [0.15, 0.2) is 18.3 Å². The number of hydrogen-bond donors (Lipinski definition) is 2. The number of nitrogens with two attached hydrogens (primary N) is 2. The molecule has 0 radical (unpaired) electrons. The molecule has 0 spiro atoms. The molecule has 2 aliphatic rings. The lowest BCUT2D eigenvalue weighted by Crippen LogP contribution is -2.42. The van der Waals surface area contributed by atoms with Gasteiger partial charge in [0, 0.05) is 31.9 Å². The van der Waals surface area contributed by atoms with E-state index in [1.54, 1.807) is 0 Å². The summed E-state index contributed by atoms with van der Waals surface area (Å²) in [5.41, 5.74) is 5.11. The molecule has 0 aromatic carbocycles. The first-order valence-electron chi connectivity index (χ1n) is 13.0. The monoisotopic (exact) mass is 546 g/mol. The first-order chi connectivity index (χ1) is 18.6. The minimum Gasteiger partial charge on any atom is -0.477 e. The standard InChI is InChI=1S/C26H33F3N8O2/c1-35(32)22-13-20(34-21(14-30)24(22)31)18-12-19(26(27,28)29)25(33-15-18)39-11-6-17-4-9-36(10-5-17)16-23(38)37-7-2-3-8-37/h12-13,15,17H,2-11,16,31-32H2,1H3. The van der Waals surface area contributed by atoms with E-state index in [4.69, 9.17) is 16.3 Å². The highest BCUT2D eigenvalue weighted by molar-refractivity contribution is 5.78. The molecule has 4 heterocycles. The maximum Gasteiger partial charge on any atom is 0.421 e. The van der Waals surface area contributed by atoms with Crippen molar-refractivity contribution in [3.63, 3.8) is 0 Å². The predicted octanol–water partition coefficient (Wildman–Crippen LogP) is 3.03. The fourth-order valence-electron chi connectivity index (χ4n) is 4.99. The quantitative estimate of drug-likeness (QED) is 0.378. The summed E-state index contributed by atoms with van der Waals surface area (Å²) in [6, 6.07) is 4.14. The number of ether oxygens (including phenoxy) is 1. The predicted molar refractivity (Wildman–Crippen MR) is 139 cm³/mol. The van der Waals surface area contributed by atoms with Crippen molar-refractivity contribution in [2.45, 2.75) is 38.3 Å². The zero-order chi connectivity index (χ0) is 28.2. The zero-order valence-electron chi connectivity index (χ0n) is 21.9. The van der Waals surface area contributed by atoms with Crippen LogP contribution in [0, 0.1) is 17.2 Å². The number of carbonyl (C=O) groups is 1. The molecule has 0 bridgehead atoms. The minimum atomic E-state index is -4.72. The molecule has 2 aliphatic heterocycles. The second-order valence-electron chi connectivity index (χ2n) is 10.0. The largest absolute Gasteiger partial charge is 0.477 e. The summed E-state index contributed by atoms with van der Waals surface area (Å²) in [6.45, 7) is 3.76. The average Bonchev–Trinajstić information content (AvgIpc) is 3.45. The van der Waals surface area contributed by atoms with Gasteiger partial charge < -0.3 is 20.4 Å². The number of piperidine rings is 1. The molecule has 2 fully saturated rings. The van der Waals surface area contributed by atoms with Crippen LogP contribution in [0.3, 0.4) is 0 Å². The number of pyridine rings is 2. The Morgan fingerprint density at radius 3 is 2.54 bits per heavy atom. The summed E-state index contributed by atoms with van der Waals surface area (Å²) in [5.74, 6) is 5.72. The number of nitriles is 1. The van der Waals surface area contributed by atoms with Gasteiger partial charge in [0.25, 0.3) is 0 Å². The molecule has 2 aromatic rings. The summed E-state index contributed by atoms with van der Waals surface area (Å²) >= 11 is 0. The molecular weight excluding hydrogens is 513 g/mol. The van der Waals surface area contributed by atoms with E-state index in [1.807, 2.05) is 11.0 Å². The van der Waals surface area contributed by atoms with Crippen LogP contribution in [0.4, 0.5) is 24.5 Å². The third kappa shape index (κ3) is 6.88. The Morgan fingerprint density at radius 2 is 1.92 bits per heavy atom. The molecular formula is C26H33F3N8O2. The summed E-state index contributed by atoms with van der Waals surface area (Å²) in [7, 11) is 1.49. The van der Waals surface area contributed by atoms with Crippen molar-refractivity contribution in [3.05, 3.63) is 29.6 Å². The van der Waals surface area contributed by atoms with Crippen LogP contribution in [0.1, 0.15) is 43.4 Å². The zero-order valence-corrected chi connectivity index (χ0v) is 21.9. The van der Waals surface area contributed by atoms with E-state index in [2.05, 4.69) is 14.9 Å². The molecule has 4 N–H and O–H groups in total. The van der Waals surface area contributed by atoms with Crippen molar-refractivity contribution in [1.82, 2.24) is 19.8 Å². The topological polar surface area (TPSA) is 138 Å². The highest BCUT2D eigenvalue weighted by atomic mass is 19.4. The first-order valence-corrected chi connectivity index (χ1v) is 13.0. The highest BCUT2D eigenvalue weighted by Crippen LogP contribution is 2.38. The molecule has 39 heavy (non-hydrogen) atoms. The Kier molecular flexibility index (Phi) is 8.76. The van der Waals surface area contributed by atoms with Crippen LogP contribution < -0.4 is 21.3 Å². The van der Waals surface area contributed by atoms with E-state index in [-0.39, 0.29) is 40.8 Å². The number of nitrogens with zero attached hydrogens (tertiary/aromatic N) is 6. The smallest absolute Gasteiger partial charge is 0.421 e. The van der Waals surface area contributed by atoms with Crippen molar-refractivity contribution in [2.24, 2.45) is 11.8 Å². The van der Waals surface area contributed by atoms with E-state index in [0.717, 1.165) is 62.9 Å². The summed E-state index contributed by atoms with van der Waals surface area (Å²) in [6.07, 6.45) is 0.939. The minimum absolute atomic E-state index is 0.0271. The Bertz CT molecular complexity index is 1220. The van der Waals surface area contributed by atoms with Crippen molar-refractivity contribution < 1.29 is 22.7 Å². The number of amides is 1. The Labute approximate surface area is 225 Å². The second kappa shape index (κ2) is 12.0. The molecule has 0 atom stereocenters. The molecule has 0 saturated carbocycles. The number of alkyl halides is 3. The van der Waals surface area contributed by atoms with Gasteiger partial charge in [0.05, 0.1) is 30.2 Å². The van der Waals surface area contributed by atoms with Gasteiger partial charge in [0.1, 0.15) is 11.6 Å². The number of hydrogen-bond acceptors (Lipinski definition) is 9. The number of nitrogen functional groups attached to an aromatic ring is 1. The molecule has 2 aromatic heterocycles. The Hall–Kier alpha value is -3.63. The summed E-state index contributed by atoms with van der Waals surface area (Å²) in [5, 5.41) is 10.5. The van der Waals surface area contributed by atoms with Crippen molar-refractivity contribution in [3.8, 4) is 23.2 Å². The van der Waals surface area contributed by atoms with Crippen LogP contribution in [-0.4, -0.2) is 72.1 Å². The van der Waals surface area contributed by atoms with Gasteiger partial charge in [-0.05, 0) is 63.2 Å². The fraction of sp³-hybridized carbons (Fsp3) is 0.538. The molecule has 210 valence electrons. The van der Waals surface area contributed by atoms with E-state index in [9.17, 15) is 23.2 Å². The molecule has 10 nitrogen and oxygen atoms in total. The summed E-state index contributed by atoms with van der Waals surface area (Å²) in [4.78, 5) is 24.5.